The Morgan fingerprint density at radius 1 is 0.684 bits per heavy atom. The van der Waals surface area contributed by atoms with Gasteiger partial charge in [-0.2, -0.15) is 8.42 Å². The molecule has 0 atom stereocenters. The fraction of sp³-hybridized carbons (Fsp3) is 0. The average molecular weight is 486 g/mol. The van der Waals surface area contributed by atoms with E-state index < -0.39 is 10.4 Å². The first-order chi connectivity index (χ1) is 8.24. The molecule has 0 aromatic rings. The zero-order valence-electron chi connectivity index (χ0n) is 8.30. The third kappa shape index (κ3) is 1250. The van der Waals surface area contributed by atoms with Gasteiger partial charge in [0, 0.05) is 0 Å². The molecule has 0 aliphatic carbocycles. The SMILES string of the molecule is O=S(=O)(O)O.O=[C-]O.O=[C-]O.O=[C-]O.[Au+3].[C]=O.[C]=O. The van der Waals surface area contributed by atoms with Crippen molar-refractivity contribution in [2.24, 2.45) is 0 Å². The molecule has 0 aromatic carbocycles. The minimum atomic E-state index is -4.67. The van der Waals surface area contributed by atoms with Crippen LogP contribution in [0.15, 0.2) is 0 Å². The van der Waals surface area contributed by atoms with Gasteiger partial charge in [-0.3, -0.25) is 18.7 Å². The molecule has 0 bridgehead atoms. The fourth-order valence-electron chi connectivity index (χ4n) is 0. The second kappa shape index (κ2) is 71.3. The third-order valence-corrected chi connectivity index (χ3v) is 0. The van der Waals surface area contributed by atoms with Crippen LogP contribution in [-0.4, -0.2) is 65.8 Å². The quantitative estimate of drug-likeness (QED) is 0.135. The first-order valence-electron chi connectivity index (χ1n) is 2.39. The first-order valence-corrected chi connectivity index (χ1v) is 3.79. The predicted molar refractivity (Wildman–Crippen MR) is 50.5 cm³/mol. The van der Waals surface area contributed by atoms with Crippen LogP contribution >= 0.6 is 0 Å². The van der Waals surface area contributed by atoms with E-state index in [-0.39, 0.29) is 22.4 Å². The van der Waals surface area contributed by atoms with Crippen LogP contribution in [0.4, 0.5) is 0 Å². The molecule has 0 heterocycles. The second-order valence-corrected chi connectivity index (χ2v) is 1.62. The smallest absolute Gasteiger partial charge is 0.665 e. The van der Waals surface area contributed by atoms with Crippen molar-refractivity contribution in [3.8, 4) is 0 Å². The van der Waals surface area contributed by atoms with Gasteiger partial charge in [0.15, 0.2) is 0 Å². The van der Waals surface area contributed by atoms with Crippen molar-refractivity contribution in [1.82, 2.24) is 0 Å². The van der Waals surface area contributed by atoms with Crippen LogP contribution in [0.25, 0.3) is 0 Å². The molecular weight excluding hydrogens is 481 g/mol. The zero-order valence-corrected chi connectivity index (χ0v) is 11.3. The summed E-state index contributed by atoms with van der Waals surface area (Å²) in [6, 6.07) is 0. The van der Waals surface area contributed by atoms with Crippen LogP contribution in [0.1, 0.15) is 0 Å². The Labute approximate surface area is 123 Å². The molecule has 0 spiro atoms. The monoisotopic (exact) mass is 486 g/mol. The molecule has 14 heteroatoms. The molecule has 0 fully saturated rings. The van der Waals surface area contributed by atoms with Crippen LogP contribution < -0.4 is 0 Å². The van der Waals surface area contributed by atoms with Gasteiger partial charge in [-0.15, -0.1) is 0 Å². The van der Waals surface area contributed by atoms with Crippen molar-refractivity contribution >= 4 is 43.4 Å². The number of rotatable bonds is 0. The van der Waals surface area contributed by atoms with Crippen molar-refractivity contribution in [2.45, 2.75) is 0 Å². The Hall–Kier alpha value is -1.64. The van der Waals surface area contributed by atoms with E-state index in [0.717, 1.165) is 0 Å². The van der Waals surface area contributed by atoms with Crippen molar-refractivity contribution in [2.75, 3.05) is 0 Å². The topological polar surface area (TPSA) is 221 Å². The summed E-state index contributed by atoms with van der Waals surface area (Å²) >= 11 is 0. The molecule has 0 aliphatic heterocycles. The van der Waals surface area contributed by atoms with Crippen molar-refractivity contribution in [3.63, 3.8) is 0 Å². The summed E-state index contributed by atoms with van der Waals surface area (Å²) in [4.78, 5) is 39.7. The van der Waals surface area contributed by atoms with Crippen LogP contribution in [0.5, 0.6) is 0 Å². The Morgan fingerprint density at radius 2 is 0.684 bits per heavy atom. The molecule has 114 valence electrons. The van der Waals surface area contributed by atoms with Gasteiger partial charge >= 0.3 is 32.8 Å². The first kappa shape index (κ1) is 43.3. The van der Waals surface area contributed by atoms with E-state index in [1.165, 1.54) is 0 Å². The molecule has 19 heavy (non-hydrogen) atoms. The van der Waals surface area contributed by atoms with Gasteiger partial charge in [0.1, 0.15) is 0 Å². The summed E-state index contributed by atoms with van der Waals surface area (Å²) in [5.41, 5.74) is 0. The number of hydrogen-bond acceptors (Lipinski definition) is 7. The van der Waals surface area contributed by atoms with Crippen LogP contribution in [0.3, 0.4) is 0 Å². The van der Waals surface area contributed by atoms with E-state index >= 15 is 0 Å². The Kier molecular flexibility index (Phi) is 162. The Balaban J connectivity index is -0.0000000187. The number of aliphatic hydroxyl groups excluding tert-OH is 3. The summed E-state index contributed by atoms with van der Waals surface area (Å²) in [5.74, 6) is 0. The molecule has 0 saturated carbocycles. The molecule has 0 aliphatic rings. The van der Waals surface area contributed by atoms with E-state index in [1.807, 2.05) is 0 Å². The van der Waals surface area contributed by atoms with Crippen molar-refractivity contribution < 1.29 is 79.2 Å². The Bertz CT molecular complexity index is 214. The van der Waals surface area contributed by atoms with Gasteiger partial charge in [0.2, 0.25) is 0 Å². The van der Waals surface area contributed by atoms with E-state index in [0.29, 0.717) is 19.4 Å². The second-order valence-electron chi connectivity index (χ2n) is 0.722. The molecule has 0 unspecified atom stereocenters. The Morgan fingerprint density at radius 3 is 0.684 bits per heavy atom. The number of carbonyl (C=O) groups excluding carboxylic acids is 2. The molecule has 0 rings (SSSR count). The third-order valence-electron chi connectivity index (χ3n) is 0. The summed E-state index contributed by atoms with van der Waals surface area (Å²) < 4.78 is 31.6. The fourth-order valence-corrected chi connectivity index (χ4v) is 0. The summed E-state index contributed by atoms with van der Waals surface area (Å²) in [6.45, 7) is 10.5. The normalized spacial score (nSPS) is 5.37. The summed E-state index contributed by atoms with van der Waals surface area (Å²) in [6.07, 6.45) is 0. The van der Waals surface area contributed by atoms with Crippen LogP contribution in [0, 0.1) is 0 Å². The molecule has 0 aromatic heterocycles. The maximum absolute atomic E-state index is 8.74. The molecule has 12 nitrogen and oxygen atoms in total. The summed E-state index contributed by atoms with van der Waals surface area (Å²) in [7, 11) is -4.67. The van der Waals surface area contributed by atoms with Crippen LogP contribution in [-0.2, 0) is 56.8 Å². The van der Waals surface area contributed by atoms with Gasteiger partial charge in [-0.1, -0.05) is 19.4 Å². The van der Waals surface area contributed by atoms with E-state index in [1.54, 1.807) is 0 Å². The van der Waals surface area contributed by atoms with E-state index in [4.69, 9.17) is 56.8 Å². The minimum absolute atomic E-state index is 0. The minimum Gasteiger partial charge on any atom is -0.665 e. The van der Waals surface area contributed by atoms with Gasteiger partial charge < -0.3 is 29.7 Å². The van der Waals surface area contributed by atoms with Gasteiger partial charge in [-0.25, -0.2) is 0 Å². The van der Waals surface area contributed by atoms with Crippen molar-refractivity contribution in [1.29, 1.82) is 0 Å². The van der Waals surface area contributed by atoms with Gasteiger partial charge in [-0.05, 0) is 0 Å². The number of hydrogen-bond donors (Lipinski definition) is 5. The summed E-state index contributed by atoms with van der Waals surface area (Å²) in [5, 5.41) is 20.3. The van der Waals surface area contributed by atoms with Gasteiger partial charge in [0.25, 0.3) is 13.6 Å². The molecule has 0 amide bonds. The molecular formula is C5H5AuO12S. The standard InChI is InChI=1S/3CHO2.2CO.Au.H2O4S/c3*2-1-3;2*1-2;;1-5(2,3)4/h3*(H,2,3);;;;(H2,1,2,3,4)/q3*-1;;;+3;. The molecule has 5 N–H and O–H groups in total. The zero-order chi connectivity index (χ0) is 16.6. The molecule has 0 saturated heterocycles. The van der Waals surface area contributed by atoms with E-state index in [9.17, 15) is 0 Å². The maximum atomic E-state index is 8.74. The largest absolute Gasteiger partial charge is 3.00 e. The van der Waals surface area contributed by atoms with Crippen molar-refractivity contribution in [3.05, 3.63) is 0 Å². The van der Waals surface area contributed by atoms with E-state index in [2.05, 4.69) is 13.6 Å². The molecule has 4 radical (unpaired) electrons. The van der Waals surface area contributed by atoms with Crippen LogP contribution in [0.2, 0.25) is 0 Å². The predicted octanol–water partition coefficient (Wildman–Crippen LogP) is -2.61. The van der Waals surface area contributed by atoms with Gasteiger partial charge in [0.05, 0.1) is 0 Å². The maximum Gasteiger partial charge on any atom is 3.00 e. The average Bonchev–Trinajstić information content (AvgIpc) is 2.24.